The van der Waals surface area contributed by atoms with Gasteiger partial charge in [0.1, 0.15) is 85.3 Å². The van der Waals surface area contributed by atoms with Crippen LogP contribution in [0.15, 0.2) is 11.6 Å². The van der Waals surface area contributed by atoms with Gasteiger partial charge in [-0.3, -0.25) is 14.4 Å². The lowest BCUT2D eigenvalue weighted by Crippen LogP contribution is -2.71. The van der Waals surface area contributed by atoms with Crippen molar-refractivity contribution in [2.24, 2.45) is 50.2 Å². The lowest BCUT2D eigenvalue weighted by molar-refractivity contribution is -0.358. The summed E-state index contributed by atoms with van der Waals surface area (Å²) in [5, 5.41) is 143. The lowest BCUT2D eigenvalue weighted by Gasteiger charge is -2.72. The zero-order chi connectivity index (χ0) is 60.1. The number of fused-ring (bicyclic) bond motifs is 7. The molecule has 4 saturated carbocycles. The van der Waals surface area contributed by atoms with Gasteiger partial charge in [-0.05, 0) is 90.8 Å². The second kappa shape index (κ2) is 23.5. The molecular formula is C56H88O26. The van der Waals surface area contributed by atoms with Gasteiger partial charge in [0.05, 0.1) is 44.7 Å². The summed E-state index contributed by atoms with van der Waals surface area (Å²) in [7, 11) is 0. The van der Waals surface area contributed by atoms with Crippen molar-refractivity contribution in [3.63, 3.8) is 0 Å². The molecule has 9 aliphatic rings. The first-order valence-corrected chi connectivity index (χ1v) is 28.8. The predicted octanol–water partition coefficient (Wildman–Crippen LogP) is -2.70. The Kier molecular flexibility index (Phi) is 18.3. The summed E-state index contributed by atoms with van der Waals surface area (Å²) in [6.07, 6.45) is -28.9. The third-order valence-corrected chi connectivity index (χ3v) is 21.4. The molecule has 0 aromatic heterocycles. The number of esters is 3. The molecule has 26 nitrogen and oxygen atoms in total. The van der Waals surface area contributed by atoms with Gasteiger partial charge in [-0.25, -0.2) is 0 Å². The number of hydrogen-bond acceptors (Lipinski definition) is 26. The van der Waals surface area contributed by atoms with E-state index in [4.69, 9.17) is 47.4 Å². The third kappa shape index (κ3) is 10.5. The highest BCUT2D eigenvalue weighted by Gasteiger charge is 2.74. The van der Waals surface area contributed by atoms with Crippen LogP contribution in [-0.4, -0.2) is 246 Å². The van der Waals surface area contributed by atoms with Crippen LogP contribution in [0.1, 0.15) is 107 Å². The smallest absolute Gasteiger partial charge is 0.317 e. The van der Waals surface area contributed by atoms with Gasteiger partial charge in [-0.15, -0.1) is 0 Å². The van der Waals surface area contributed by atoms with Crippen LogP contribution >= 0.6 is 0 Å². The Balaban J connectivity index is 1.13. The molecule has 0 amide bonds. The van der Waals surface area contributed by atoms with Gasteiger partial charge in [-0.2, -0.15) is 0 Å². The summed E-state index contributed by atoms with van der Waals surface area (Å²) >= 11 is 0. The van der Waals surface area contributed by atoms with Gasteiger partial charge < -0.3 is 114 Å². The number of carbonyl (C=O) groups excluding carboxylic acids is 3. The molecule has 0 spiro atoms. The first-order valence-electron chi connectivity index (χ1n) is 28.8. The molecule has 4 saturated heterocycles. The Morgan fingerprint density at radius 2 is 1.15 bits per heavy atom. The Labute approximate surface area is 475 Å². The standard InChI is InChI=1S/C56H88O26/c1-23(61)73-21-31-43(74-24(2)62)42(71)48(78-31)82-50(72)56-14-13-51(3,4)15-26(56)25-9-10-33-52(5)16-27(63)45(81-47-41(70)38(67)35(64)28(18-57)76-47)53(6,22-60)32(52)11-12-54(33,7)55(25,8)17-34(56)79-49-44(39(68)36(65)29(19-58)77-49)80-46-40(69)37(66)30(20-59)75-46/h9,26-49,57-60,63-71H,10-22H2,1-8H3/t26-,27-,28+,29+,30+,31+,32+,33+,34+,35+,36+,37+,38-,39-,40-,41+,42-,43+,44+,45-,46+,47-,48+,49-,52-,53-,54+,55+,56+/m0/s1. The molecule has 0 aromatic carbocycles. The SMILES string of the molecule is CC(=O)OC[C@H]1O[C@H](OC(=O)[C@]23CCC(C)(C)C[C@H]2C2=CC[C@@H]4[C@@]5(C)C[C@H](O)[C@H](O[C@@H]6O[C@H](CO)[C@@H](O)[C@H](O)[C@H]6O)[C@@](C)(CO)[C@@H]5CC[C@@]4(C)[C@]2(C)C[C@H]3O[C@@H]2O[C@H](CO)[C@@H](O)[C@H](O)[C@H]2O[C@H]2O[C@H](CO)[C@@H](O)[C@@H]2O)[C@@H](O)[C@@H]1OC(C)=O. The van der Waals surface area contributed by atoms with Crippen LogP contribution in [0.5, 0.6) is 0 Å². The molecule has 29 atom stereocenters. The van der Waals surface area contributed by atoms with Crippen LogP contribution < -0.4 is 0 Å². The number of carbonyl (C=O) groups is 3. The molecule has 468 valence electrons. The Morgan fingerprint density at radius 1 is 0.573 bits per heavy atom. The monoisotopic (exact) mass is 1180 g/mol. The first-order chi connectivity index (χ1) is 38.4. The summed E-state index contributed by atoms with van der Waals surface area (Å²) in [5.41, 5.74) is -4.95. The van der Waals surface area contributed by atoms with Gasteiger partial charge in [-0.1, -0.05) is 53.2 Å². The zero-order valence-electron chi connectivity index (χ0n) is 47.7. The van der Waals surface area contributed by atoms with Crippen molar-refractivity contribution in [2.75, 3.05) is 33.0 Å². The normalized spacial score (nSPS) is 51.6. The molecular weight excluding hydrogens is 1090 g/mol. The van der Waals surface area contributed by atoms with Crippen molar-refractivity contribution in [1.29, 1.82) is 0 Å². The van der Waals surface area contributed by atoms with E-state index in [0.29, 0.717) is 32.1 Å². The summed E-state index contributed by atoms with van der Waals surface area (Å²) in [6, 6.07) is 0. The van der Waals surface area contributed by atoms with E-state index in [1.165, 1.54) is 0 Å². The van der Waals surface area contributed by atoms with Gasteiger partial charge >= 0.3 is 17.9 Å². The van der Waals surface area contributed by atoms with Gasteiger partial charge in [0, 0.05) is 19.3 Å². The maximum absolute atomic E-state index is 16.0. The number of aliphatic hydroxyl groups excluding tert-OH is 13. The highest BCUT2D eigenvalue weighted by atomic mass is 16.8. The minimum atomic E-state index is -1.93. The summed E-state index contributed by atoms with van der Waals surface area (Å²) in [5.74, 6) is -3.80. The molecule has 13 N–H and O–H groups in total. The molecule has 0 aromatic rings. The highest BCUT2D eigenvalue weighted by Crippen LogP contribution is 2.76. The van der Waals surface area contributed by atoms with E-state index in [1.807, 2.05) is 0 Å². The minimum absolute atomic E-state index is 0.00335. The molecule has 5 aliphatic carbocycles. The van der Waals surface area contributed by atoms with Crippen molar-refractivity contribution >= 4 is 17.9 Å². The predicted molar refractivity (Wildman–Crippen MR) is 274 cm³/mol. The van der Waals surface area contributed by atoms with E-state index >= 15 is 4.79 Å². The summed E-state index contributed by atoms with van der Waals surface area (Å²) in [6.45, 7) is 11.3. The van der Waals surface area contributed by atoms with Gasteiger partial charge in [0.15, 0.2) is 31.1 Å². The fourth-order valence-corrected chi connectivity index (χ4v) is 16.8. The number of hydrogen-bond donors (Lipinski definition) is 13. The van der Waals surface area contributed by atoms with Gasteiger partial charge in [0.2, 0.25) is 6.29 Å². The quantitative estimate of drug-likeness (QED) is 0.0343. The summed E-state index contributed by atoms with van der Waals surface area (Å²) in [4.78, 5) is 40.3. The Morgan fingerprint density at radius 3 is 1.74 bits per heavy atom. The molecule has 9 rings (SSSR count). The van der Waals surface area contributed by atoms with E-state index in [1.54, 1.807) is 6.92 Å². The van der Waals surface area contributed by atoms with E-state index in [9.17, 15) is 76.0 Å². The maximum atomic E-state index is 16.0. The molecule has 0 unspecified atom stereocenters. The number of allylic oxidation sites excluding steroid dienone is 2. The fourth-order valence-electron chi connectivity index (χ4n) is 16.8. The second-order valence-electron chi connectivity index (χ2n) is 26.6. The van der Waals surface area contributed by atoms with Crippen LogP contribution in [0.3, 0.4) is 0 Å². The Hall–Kier alpha value is -2.65. The average molecular weight is 1180 g/mol. The van der Waals surface area contributed by atoms with Crippen LogP contribution in [0.4, 0.5) is 0 Å². The van der Waals surface area contributed by atoms with Crippen molar-refractivity contribution in [2.45, 2.75) is 236 Å². The van der Waals surface area contributed by atoms with Crippen LogP contribution in [0.25, 0.3) is 0 Å². The third-order valence-electron chi connectivity index (χ3n) is 21.4. The van der Waals surface area contributed by atoms with E-state index in [0.717, 1.165) is 19.4 Å². The summed E-state index contributed by atoms with van der Waals surface area (Å²) < 4.78 is 60.4. The Bertz CT molecular complexity index is 2340. The number of ether oxygens (including phenoxy) is 10. The van der Waals surface area contributed by atoms with Crippen molar-refractivity contribution in [3.05, 3.63) is 11.6 Å². The maximum Gasteiger partial charge on any atom is 0.317 e. The van der Waals surface area contributed by atoms with E-state index in [2.05, 4.69) is 40.7 Å². The molecule has 82 heavy (non-hydrogen) atoms. The van der Waals surface area contributed by atoms with Crippen LogP contribution in [0, 0.1) is 50.2 Å². The average Bonchev–Trinajstić information content (AvgIpc) is 0.916. The molecule has 26 heteroatoms. The highest BCUT2D eigenvalue weighted by molar-refractivity contribution is 5.80. The van der Waals surface area contributed by atoms with Crippen LogP contribution in [-0.2, 0) is 61.8 Å². The van der Waals surface area contributed by atoms with Crippen molar-refractivity contribution in [1.82, 2.24) is 0 Å². The number of aliphatic hydroxyl groups is 13. The number of rotatable bonds is 15. The van der Waals surface area contributed by atoms with E-state index < -0.39 is 218 Å². The first kappa shape index (κ1) is 63.8. The molecule has 0 bridgehead atoms. The lowest BCUT2D eigenvalue weighted by atomic mass is 9.33. The van der Waals surface area contributed by atoms with Crippen LogP contribution in [0.2, 0.25) is 0 Å². The minimum Gasteiger partial charge on any atom is -0.463 e. The second-order valence-corrected chi connectivity index (χ2v) is 26.6. The fraction of sp³-hybridized carbons (Fsp3) is 0.911. The zero-order valence-corrected chi connectivity index (χ0v) is 47.7. The molecule has 4 heterocycles. The van der Waals surface area contributed by atoms with E-state index in [-0.39, 0.29) is 31.1 Å². The van der Waals surface area contributed by atoms with Gasteiger partial charge in [0.25, 0.3) is 0 Å². The molecule has 0 radical (unpaired) electrons. The largest absolute Gasteiger partial charge is 0.463 e. The topological polar surface area (TPSA) is 407 Å². The van der Waals surface area contributed by atoms with Crippen molar-refractivity contribution < 1.29 is 128 Å². The van der Waals surface area contributed by atoms with Crippen molar-refractivity contribution in [3.8, 4) is 0 Å². The molecule has 8 fully saturated rings. The molecule has 4 aliphatic heterocycles.